The van der Waals surface area contributed by atoms with E-state index in [2.05, 4.69) is 21.4 Å². The summed E-state index contributed by atoms with van der Waals surface area (Å²) in [5.74, 6) is -0.887. The van der Waals surface area contributed by atoms with Crippen molar-refractivity contribution in [2.45, 2.75) is 50.0 Å². The van der Waals surface area contributed by atoms with E-state index in [1.54, 1.807) is 30.1 Å². The highest BCUT2D eigenvalue weighted by Gasteiger charge is 2.49. The summed E-state index contributed by atoms with van der Waals surface area (Å²) >= 11 is 6.55. The first kappa shape index (κ1) is 32.3. The summed E-state index contributed by atoms with van der Waals surface area (Å²) in [5, 5.41) is 1.39. The number of alkyl halides is 3. The number of anilines is 1. The highest BCUT2D eigenvalue weighted by Crippen LogP contribution is 2.42. The van der Waals surface area contributed by atoms with Gasteiger partial charge in [0.25, 0.3) is 0 Å². The lowest BCUT2D eigenvalue weighted by Gasteiger charge is -2.31. The van der Waals surface area contributed by atoms with Gasteiger partial charge in [-0.15, -0.1) is 0 Å². The van der Waals surface area contributed by atoms with Crippen LogP contribution in [-0.4, -0.2) is 94.9 Å². The number of carbonyl (C=O) groups is 1. The number of nitrogens with zero attached hydrogens (tertiary/aromatic N) is 6. The van der Waals surface area contributed by atoms with Crippen molar-refractivity contribution in [2.24, 2.45) is 0 Å². The number of hydrogen-bond acceptors (Lipinski definition) is 8. The van der Waals surface area contributed by atoms with Crippen LogP contribution in [0.2, 0.25) is 5.02 Å². The van der Waals surface area contributed by atoms with E-state index < -0.39 is 24.1 Å². The first-order valence-corrected chi connectivity index (χ1v) is 16.1. The normalized spacial score (nSPS) is 22.5. The first-order chi connectivity index (χ1) is 23.1. The van der Waals surface area contributed by atoms with Gasteiger partial charge in [0.05, 0.1) is 10.9 Å². The van der Waals surface area contributed by atoms with Crippen molar-refractivity contribution in [2.75, 3.05) is 44.7 Å². The third kappa shape index (κ3) is 5.76. The molecule has 3 atom stereocenters. The molecule has 48 heavy (non-hydrogen) atoms. The second kappa shape index (κ2) is 12.7. The Morgan fingerprint density at radius 1 is 1.25 bits per heavy atom. The van der Waals surface area contributed by atoms with Crippen LogP contribution in [0.4, 0.5) is 23.4 Å². The van der Waals surface area contributed by atoms with Gasteiger partial charge in [0, 0.05) is 61.3 Å². The number of fused-ring (bicyclic) bond motifs is 3. The number of ether oxygens (including phenoxy) is 2. The largest absolute Gasteiger partial charge is 0.461 e. The second-order valence-corrected chi connectivity index (χ2v) is 13.0. The molecule has 0 unspecified atom stereocenters. The van der Waals surface area contributed by atoms with Crippen LogP contribution in [0, 0.1) is 5.82 Å². The highest BCUT2D eigenvalue weighted by atomic mass is 35.5. The number of likely N-dealkylation sites (tertiary alicyclic amines) is 1. The maximum atomic E-state index is 16.8. The van der Waals surface area contributed by atoms with Crippen molar-refractivity contribution in [1.29, 1.82) is 0 Å². The van der Waals surface area contributed by atoms with Crippen LogP contribution in [0.1, 0.15) is 25.7 Å². The van der Waals surface area contributed by atoms with Crippen molar-refractivity contribution < 1.29 is 31.8 Å². The summed E-state index contributed by atoms with van der Waals surface area (Å²) in [6.07, 6.45) is 4.36. The molecular formula is C34H33ClF4N6O3. The molecular weight excluding hydrogens is 652 g/mol. The molecule has 2 aromatic carbocycles. The Balaban J connectivity index is 1.34. The zero-order chi connectivity index (χ0) is 33.7. The predicted octanol–water partition coefficient (Wildman–Crippen LogP) is 6.42. The number of amides is 1. The zero-order valence-electron chi connectivity index (χ0n) is 26.1. The van der Waals surface area contributed by atoms with Crippen LogP contribution in [0.25, 0.3) is 32.9 Å². The minimum Gasteiger partial charge on any atom is -0.461 e. The average molecular weight is 685 g/mol. The molecule has 1 amide bonds. The van der Waals surface area contributed by atoms with E-state index in [-0.39, 0.29) is 57.5 Å². The Bertz CT molecular complexity index is 1920. The van der Waals surface area contributed by atoms with Gasteiger partial charge in [0.1, 0.15) is 35.6 Å². The van der Waals surface area contributed by atoms with Gasteiger partial charge in [-0.3, -0.25) is 14.7 Å². The van der Waals surface area contributed by atoms with E-state index in [4.69, 9.17) is 26.1 Å². The lowest BCUT2D eigenvalue weighted by molar-refractivity contribution is -0.125. The highest BCUT2D eigenvalue weighted by molar-refractivity contribution is 6.36. The number of carbonyl (C=O) groups excluding carboxylic acids is 1. The second-order valence-electron chi connectivity index (χ2n) is 12.6. The fraction of sp³-hybridized carbons (Fsp3) is 0.412. The molecule has 0 bridgehead atoms. The molecule has 3 fully saturated rings. The fourth-order valence-electron chi connectivity index (χ4n) is 7.46. The Labute approximate surface area is 279 Å². The van der Waals surface area contributed by atoms with Crippen LogP contribution >= 0.6 is 11.6 Å². The van der Waals surface area contributed by atoms with Crippen molar-refractivity contribution in [3.05, 3.63) is 60.0 Å². The summed E-state index contributed by atoms with van der Waals surface area (Å²) in [6, 6.07) is 7.32. The number of rotatable bonds is 9. The third-order valence-corrected chi connectivity index (χ3v) is 10.1. The van der Waals surface area contributed by atoms with E-state index >= 15 is 4.39 Å². The molecule has 3 saturated heterocycles. The zero-order valence-corrected chi connectivity index (χ0v) is 26.9. The number of likely N-dealkylation sites (N-methyl/N-ethyl adjacent to an activating group) is 1. The Hall–Kier alpha value is -4.23. The predicted molar refractivity (Wildman–Crippen MR) is 174 cm³/mol. The summed E-state index contributed by atoms with van der Waals surface area (Å²) in [5.41, 5.74) is -0.651. The third-order valence-electron chi connectivity index (χ3n) is 9.79. The molecule has 252 valence electrons. The molecule has 0 aliphatic carbocycles. The average Bonchev–Trinajstić information content (AvgIpc) is 3.77. The van der Waals surface area contributed by atoms with Crippen molar-refractivity contribution >= 4 is 45.0 Å². The Morgan fingerprint density at radius 3 is 2.88 bits per heavy atom. The van der Waals surface area contributed by atoms with E-state index in [9.17, 15) is 18.0 Å². The number of halogens is 5. The van der Waals surface area contributed by atoms with Crippen LogP contribution in [-0.2, 0) is 4.79 Å². The Kier molecular flexibility index (Phi) is 8.53. The molecule has 3 aliphatic rings. The standard InChI is InChI=1S/C34H33ClF4N6O3/c1-3-26(46)44-11-8-21(17-44)43(2)31-24-15-40-29(23-13-22(48-32(38)39)12-19-6-4-7-25(35)27(19)23)28(37)30(24)41-33(42-31)47-18-34-9-5-10-45(34)16-20(36)14-34/h3-4,6-7,12-13,15,20-21,32H,1,5,8-11,14,16-18H2,2H3/t20-,21-,34+/m1/s1. The summed E-state index contributed by atoms with van der Waals surface area (Å²) in [7, 11) is 1.80. The van der Waals surface area contributed by atoms with Crippen LogP contribution in [0.5, 0.6) is 11.8 Å². The molecule has 5 heterocycles. The summed E-state index contributed by atoms with van der Waals surface area (Å²) in [4.78, 5) is 31.6. The number of benzene rings is 2. The van der Waals surface area contributed by atoms with Gasteiger partial charge < -0.3 is 19.3 Å². The maximum absolute atomic E-state index is 16.8. The quantitative estimate of drug-likeness (QED) is 0.148. The van der Waals surface area contributed by atoms with Gasteiger partial charge in [-0.05, 0) is 55.5 Å². The van der Waals surface area contributed by atoms with Gasteiger partial charge in [-0.2, -0.15) is 18.7 Å². The van der Waals surface area contributed by atoms with Crippen molar-refractivity contribution in [3.8, 4) is 23.0 Å². The van der Waals surface area contributed by atoms with Crippen LogP contribution < -0.4 is 14.4 Å². The SMILES string of the molecule is C=CC(=O)N1CC[C@@H](N(C)c2nc(OC[C@@]34CCCN3C[C@H](F)C4)nc3c(F)c(-c4cc(OC(F)F)cc5cccc(Cl)c45)ncc23)C1. The van der Waals surface area contributed by atoms with Gasteiger partial charge in [0.2, 0.25) is 5.91 Å². The molecule has 14 heteroatoms. The first-order valence-electron chi connectivity index (χ1n) is 15.8. The number of pyridine rings is 1. The monoisotopic (exact) mass is 684 g/mol. The molecule has 2 aromatic heterocycles. The van der Waals surface area contributed by atoms with Crippen molar-refractivity contribution in [1.82, 2.24) is 24.8 Å². The maximum Gasteiger partial charge on any atom is 0.387 e. The topological polar surface area (TPSA) is 83.9 Å². The van der Waals surface area contributed by atoms with Gasteiger partial charge in [-0.25, -0.2) is 8.78 Å². The van der Waals surface area contributed by atoms with Gasteiger partial charge in [0.15, 0.2) is 5.82 Å². The van der Waals surface area contributed by atoms with E-state index in [1.807, 2.05) is 4.90 Å². The summed E-state index contributed by atoms with van der Waals surface area (Å²) < 4.78 is 68.7. The van der Waals surface area contributed by atoms with E-state index in [1.165, 1.54) is 24.4 Å². The molecule has 0 N–H and O–H groups in total. The smallest absolute Gasteiger partial charge is 0.387 e. The Morgan fingerprint density at radius 2 is 2.08 bits per heavy atom. The van der Waals surface area contributed by atoms with Crippen molar-refractivity contribution in [3.63, 3.8) is 0 Å². The lowest BCUT2D eigenvalue weighted by atomic mass is 9.95. The van der Waals surface area contributed by atoms with Crippen LogP contribution in [0.15, 0.2) is 49.2 Å². The van der Waals surface area contributed by atoms with E-state index in [0.717, 1.165) is 19.4 Å². The van der Waals surface area contributed by atoms with Crippen LogP contribution in [0.3, 0.4) is 0 Å². The minimum absolute atomic E-state index is 0.0985. The molecule has 0 saturated carbocycles. The number of aromatic nitrogens is 3. The van der Waals surface area contributed by atoms with Gasteiger partial charge in [-0.1, -0.05) is 30.3 Å². The molecule has 9 nitrogen and oxygen atoms in total. The van der Waals surface area contributed by atoms with Gasteiger partial charge >= 0.3 is 12.6 Å². The van der Waals surface area contributed by atoms with E-state index in [0.29, 0.717) is 49.1 Å². The molecule has 4 aromatic rings. The fourth-order valence-corrected chi connectivity index (χ4v) is 7.75. The lowest BCUT2D eigenvalue weighted by Crippen LogP contribution is -2.43. The molecule has 7 rings (SSSR count). The number of hydrogen-bond donors (Lipinski definition) is 0. The minimum atomic E-state index is -3.11. The summed E-state index contributed by atoms with van der Waals surface area (Å²) in [6.45, 7) is 2.62. The molecule has 3 aliphatic heterocycles. The molecule has 0 spiro atoms. The molecule has 0 radical (unpaired) electrons.